The van der Waals surface area contributed by atoms with Crippen molar-refractivity contribution >= 4 is 65.3 Å². The summed E-state index contributed by atoms with van der Waals surface area (Å²) in [5, 5.41) is 8.96. The van der Waals surface area contributed by atoms with E-state index in [2.05, 4.69) is 144 Å². The average molecular weight is 665 g/mol. The second-order valence-corrected chi connectivity index (χ2v) is 13.2. The summed E-state index contributed by atoms with van der Waals surface area (Å²) in [6.07, 6.45) is 0. The van der Waals surface area contributed by atoms with Crippen LogP contribution in [0.15, 0.2) is 174 Å². The highest BCUT2D eigenvalue weighted by Gasteiger charge is 2.22. The first-order valence-corrected chi connectivity index (χ1v) is 17.5. The molecule has 0 radical (unpaired) electrons. The number of hydrogen-bond donors (Lipinski definition) is 0. The summed E-state index contributed by atoms with van der Waals surface area (Å²) in [4.78, 5) is 15.9. The third kappa shape index (κ3) is 4.33. The minimum Gasteiger partial charge on any atom is -0.456 e. The van der Waals surface area contributed by atoms with E-state index >= 15 is 0 Å². The van der Waals surface area contributed by atoms with Crippen LogP contribution in [0.4, 0.5) is 0 Å². The normalized spacial score (nSPS) is 11.8. The Morgan fingerprint density at radius 3 is 1.75 bits per heavy atom. The number of furan rings is 1. The lowest BCUT2D eigenvalue weighted by molar-refractivity contribution is 0.669. The van der Waals surface area contributed by atoms with E-state index < -0.39 is 0 Å². The summed E-state index contributed by atoms with van der Waals surface area (Å²) in [6.45, 7) is 0. The molecule has 0 N–H and O–H groups in total. The van der Waals surface area contributed by atoms with E-state index in [0.717, 1.165) is 71.5 Å². The van der Waals surface area contributed by atoms with E-state index in [-0.39, 0.29) is 0 Å². The monoisotopic (exact) mass is 664 g/mol. The van der Waals surface area contributed by atoms with Crippen LogP contribution in [0.2, 0.25) is 0 Å². The van der Waals surface area contributed by atoms with E-state index in [1.54, 1.807) is 0 Å². The Labute approximate surface area is 298 Å². The van der Waals surface area contributed by atoms with Crippen molar-refractivity contribution in [1.82, 2.24) is 19.5 Å². The highest BCUT2D eigenvalue weighted by Crippen LogP contribution is 2.41. The number of para-hydroxylation sites is 3. The molecular formula is C47H28N4O. The summed E-state index contributed by atoms with van der Waals surface area (Å²) in [5.74, 6) is 1.80. The molecule has 0 aliphatic heterocycles. The summed E-state index contributed by atoms with van der Waals surface area (Å²) in [6, 6.07) is 59.2. The van der Waals surface area contributed by atoms with Crippen LogP contribution in [0, 0.1) is 0 Å². The van der Waals surface area contributed by atoms with Gasteiger partial charge in [-0.05, 0) is 52.6 Å². The molecule has 11 aromatic rings. The zero-order chi connectivity index (χ0) is 34.2. The number of benzene rings is 8. The van der Waals surface area contributed by atoms with Gasteiger partial charge in [0.15, 0.2) is 17.5 Å². The lowest BCUT2D eigenvalue weighted by Gasteiger charge is -2.17. The second-order valence-electron chi connectivity index (χ2n) is 13.2. The molecule has 8 aromatic carbocycles. The van der Waals surface area contributed by atoms with Gasteiger partial charge in [-0.3, -0.25) is 0 Å². The summed E-state index contributed by atoms with van der Waals surface area (Å²) in [7, 11) is 0. The molecule has 0 spiro atoms. The van der Waals surface area contributed by atoms with Gasteiger partial charge < -0.3 is 8.98 Å². The topological polar surface area (TPSA) is 56.7 Å². The maximum atomic E-state index is 6.32. The van der Waals surface area contributed by atoms with Crippen LogP contribution >= 0.6 is 0 Å². The summed E-state index contributed by atoms with van der Waals surface area (Å²) < 4.78 is 8.70. The van der Waals surface area contributed by atoms with Crippen molar-refractivity contribution < 1.29 is 4.42 Å². The minimum absolute atomic E-state index is 0.589. The standard InChI is InChI=1S/C47H28N4O/c1-2-14-31-28-32(25-24-29(31)12-1)45-48-46(37-19-11-23-42-43(37)36-18-7-10-22-41(36)52-42)50-47(49-45)38-27-26-30-13-3-4-15-33(30)44(38)51-39-20-8-5-16-34(39)35-17-6-9-21-40(35)51/h1-28H. The fourth-order valence-electron chi connectivity index (χ4n) is 7.88. The Hall–Kier alpha value is -7.11. The SMILES string of the molecule is c1ccc2cc(-c3nc(-c4ccc5ccccc5c4-n4c5ccccc5c5ccccc54)nc(-c4cccc5oc6ccccc6c45)n3)ccc2c1. The molecule has 0 saturated carbocycles. The van der Waals surface area contributed by atoms with Crippen LogP contribution in [0.5, 0.6) is 0 Å². The Bertz CT molecular complexity index is 3150. The maximum Gasteiger partial charge on any atom is 0.166 e. The molecule has 0 saturated heterocycles. The van der Waals surface area contributed by atoms with Crippen molar-refractivity contribution in [3.05, 3.63) is 170 Å². The van der Waals surface area contributed by atoms with Gasteiger partial charge >= 0.3 is 0 Å². The average Bonchev–Trinajstić information content (AvgIpc) is 3.76. The first-order valence-electron chi connectivity index (χ1n) is 17.5. The van der Waals surface area contributed by atoms with Crippen LogP contribution in [0.1, 0.15) is 0 Å². The largest absolute Gasteiger partial charge is 0.456 e. The predicted octanol–water partition coefficient (Wildman–Crippen LogP) is 12.2. The molecule has 0 aliphatic rings. The van der Waals surface area contributed by atoms with E-state index in [0.29, 0.717) is 17.5 Å². The number of nitrogens with zero attached hydrogens (tertiary/aromatic N) is 4. The zero-order valence-electron chi connectivity index (χ0n) is 27.9. The molecule has 3 heterocycles. The quantitative estimate of drug-likeness (QED) is 0.188. The zero-order valence-corrected chi connectivity index (χ0v) is 27.9. The Balaban J connectivity index is 1.26. The van der Waals surface area contributed by atoms with Gasteiger partial charge in [-0.15, -0.1) is 0 Å². The van der Waals surface area contributed by atoms with Crippen LogP contribution in [0.25, 0.3) is 105 Å². The number of aromatic nitrogens is 4. The van der Waals surface area contributed by atoms with E-state index in [1.165, 1.54) is 16.2 Å². The summed E-state index contributed by atoms with van der Waals surface area (Å²) in [5.41, 5.74) is 7.64. The first kappa shape index (κ1) is 28.7. The Kier molecular flexibility index (Phi) is 6.18. The van der Waals surface area contributed by atoms with Crippen molar-refractivity contribution in [2.45, 2.75) is 0 Å². The van der Waals surface area contributed by atoms with Gasteiger partial charge in [0.1, 0.15) is 11.2 Å². The number of fused-ring (bicyclic) bond motifs is 8. The Morgan fingerprint density at radius 1 is 0.385 bits per heavy atom. The molecule has 0 bridgehead atoms. The van der Waals surface area contributed by atoms with Gasteiger partial charge in [-0.1, -0.05) is 133 Å². The second kappa shape index (κ2) is 11.2. The summed E-state index contributed by atoms with van der Waals surface area (Å²) >= 11 is 0. The van der Waals surface area contributed by atoms with Crippen molar-refractivity contribution in [1.29, 1.82) is 0 Å². The third-order valence-electron chi connectivity index (χ3n) is 10.2. The van der Waals surface area contributed by atoms with Crippen LogP contribution in [-0.4, -0.2) is 19.5 Å². The smallest absolute Gasteiger partial charge is 0.166 e. The molecular weight excluding hydrogens is 637 g/mol. The molecule has 0 amide bonds. The molecule has 5 nitrogen and oxygen atoms in total. The molecule has 52 heavy (non-hydrogen) atoms. The van der Waals surface area contributed by atoms with Gasteiger partial charge in [0.25, 0.3) is 0 Å². The first-order chi connectivity index (χ1) is 25.8. The van der Waals surface area contributed by atoms with Crippen LogP contribution in [0.3, 0.4) is 0 Å². The van der Waals surface area contributed by atoms with E-state index in [1.807, 2.05) is 30.3 Å². The molecule has 0 atom stereocenters. The Morgan fingerprint density at radius 2 is 0.962 bits per heavy atom. The molecule has 11 rings (SSSR count). The molecule has 5 heteroatoms. The molecule has 242 valence electrons. The lowest BCUT2D eigenvalue weighted by Crippen LogP contribution is -2.04. The van der Waals surface area contributed by atoms with Gasteiger partial charge in [-0.2, -0.15) is 0 Å². The van der Waals surface area contributed by atoms with Crippen molar-refractivity contribution in [2.75, 3.05) is 0 Å². The molecule has 0 aliphatic carbocycles. The highest BCUT2D eigenvalue weighted by molar-refractivity contribution is 6.13. The molecule has 0 fully saturated rings. The van der Waals surface area contributed by atoms with Crippen molar-refractivity contribution in [3.8, 4) is 39.9 Å². The fourth-order valence-corrected chi connectivity index (χ4v) is 7.88. The van der Waals surface area contributed by atoms with Gasteiger partial charge in [0, 0.05) is 43.6 Å². The number of hydrogen-bond acceptors (Lipinski definition) is 4. The van der Waals surface area contributed by atoms with Gasteiger partial charge in [0.05, 0.1) is 16.7 Å². The highest BCUT2D eigenvalue weighted by atomic mass is 16.3. The van der Waals surface area contributed by atoms with E-state index in [4.69, 9.17) is 19.4 Å². The minimum atomic E-state index is 0.589. The predicted molar refractivity (Wildman–Crippen MR) is 213 cm³/mol. The molecule has 3 aromatic heterocycles. The van der Waals surface area contributed by atoms with Crippen LogP contribution in [-0.2, 0) is 0 Å². The van der Waals surface area contributed by atoms with Crippen LogP contribution < -0.4 is 0 Å². The molecule has 0 unspecified atom stereocenters. The van der Waals surface area contributed by atoms with Gasteiger partial charge in [0.2, 0.25) is 0 Å². The fraction of sp³-hybridized carbons (Fsp3) is 0. The third-order valence-corrected chi connectivity index (χ3v) is 10.2. The number of rotatable bonds is 4. The lowest BCUT2D eigenvalue weighted by atomic mass is 10.0. The van der Waals surface area contributed by atoms with Crippen molar-refractivity contribution in [2.24, 2.45) is 0 Å². The van der Waals surface area contributed by atoms with E-state index in [9.17, 15) is 0 Å². The maximum absolute atomic E-state index is 6.32. The van der Waals surface area contributed by atoms with Gasteiger partial charge in [-0.25, -0.2) is 15.0 Å². The van der Waals surface area contributed by atoms with Crippen molar-refractivity contribution in [3.63, 3.8) is 0 Å².